The lowest BCUT2D eigenvalue weighted by atomic mass is 9.84. The summed E-state index contributed by atoms with van der Waals surface area (Å²) in [5.41, 5.74) is 3.51. The number of rotatable bonds is 12. The van der Waals surface area contributed by atoms with Crippen molar-refractivity contribution in [3.05, 3.63) is 131 Å². The van der Waals surface area contributed by atoms with Gasteiger partial charge in [-0.15, -0.1) is 11.8 Å². The number of ether oxygens (including phenoxy) is 2. The highest BCUT2D eigenvalue weighted by Crippen LogP contribution is 2.30. The van der Waals surface area contributed by atoms with Crippen LogP contribution in [0, 0.1) is 0 Å². The van der Waals surface area contributed by atoms with Gasteiger partial charge in [0, 0.05) is 40.4 Å². The van der Waals surface area contributed by atoms with Crippen LogP contribution in [0.5, 0.6) is 0 Å². The maximum atomic E-state index is 14.0. The third kappa shape index (κ3) is 9.34. The van der Waals surface area contributed by atoms with Gasteiger partial charge in [0.15, 0.2) is 0 Å². The van der Waals surface area contributed by atoms with Gasteiger partial charge < -0.3 is 25.4 Å². The maximum absolute atomic E-state index is 14.0. The summed E-state index contributed by atoms with van der Waals surface area (Å²) in [7, 11) is 1.29. The summed E-state index contributed by atoms with van der Waals surface area (Å²) >= 11 is 7.78. The first kappa shape index (κ1) is 32.6. The number of carbonyl (C=O) groups excluding carboxylic acids is 2. The summed E-state index contributed by atoms with van der Waals surface area (Å²) in [4.78, 5) is 27.7. The molecule has 4 aromatic rings. The molecule has 0 aliphatic carbocycles. The van der Waals surface area contributed by atoms with E-state index in [2.05, 4.69) is 16.0 Å². The molecule has 234 valence electrons. The number of benzene rings is 4. The number of hydrogen-bond donors (Lipinski definition) is 3. The fraction of sp³-hybridized carbons (Fsp3) is 0.278. The van der Waals surface area contributed by atoms with Crippen LogP contribution in [-0.4, -0.2) is 56.2 Å². The molecule has 9 heteroatoms. The van der Waals surface area contributed by atoms with Crippen molar-refractivity contribution >= 4 is 41.1 Å². The van der Waals surface area contributed by atoms with Gasteiger partial charge in [0.1, 0.15) is 6.04 Å². The zero-order valence-corrected chi connectivity index (χ0v) is 26.7. The van der Waals surface area contributed by atoms with Crippen LogP contribution in [0.15, 0.2) is 114 Å². The van der Waals surface area contributed by atoms with Crippen LogP contribution in [-0.2, 0) is 20.7 Å². The summed E-state index contributed by atoms with van der Waals surface area (Å²) < 4.78 is 11.4. The Labute approximate surface area is 274 Å². The molecule has 2 unspecified atom stereocenters. The summed E-state index contributed by atoms with van der Waals surface area (Å²) in [5, 5.41) is 10.2. The zero-order chi connectivity index (χ0) is 31.4. The summed E-state index contributed by atoms with van der Waals surface area (Å²) in [6, 6.07) is 34.1. The Morgan fingerprint density at radius 1 is 0.889 bits per heavy atom. The third-order valence-electron chi connectivity index (χ3n) is 7.78. The number of hydrogen-bond acceptors (Lipinski definition) is 6. The van der Waals surface area contributed by atoms with E-state index in [1.807, 2.05) is 109 Å². The normalized spacial score (nSPS) is 17.0. The highest BCUT2D eigenvalue weighted by molar-refractivity contribution is 7.99. The van der Waals surface area contributed by atoms with Gasteiger partial charge in [-0.3, -0.25) is 4.79 Å². The maximum Gasteiger partial charge on any atom is 0.407 e. The van der Waals surface area contributed by atoms with Crippen LogP contribution in [0.4, 0.5) is 10.5 Å². The first-order valence-corrected chi connectivity index (χ1v) is 16.4. The molecular weight excluding hydrogens is 606 g/mol. The fourth-order valence-electron chi connectivity index (χ4n) is 5.53. The van der Waals surface area contributed by atoms with Gasteiger partial charge in [-0.05, 0) is 59.9 Å². The number of methoxy groups -OCH3 is 1. The third-order valence-corrected chi connectivity index (χ3v) is 9.18. The largest absolute Gasteiger partial charge is 0.453 e. The minimum Gasteiger partial charge on any atom is -0.453 e. The molecule has 3 N–H and O–H groups in total. The zero-order valence-electron chi connectivity index (χ0n) is 25.2. The lowest BCUT2D eigenvalue weighted by Crippen LogP contribution is -2.48. The van der Waals surface area contributed by atoms with Gasteiger partial charge >= 0.3 is 6.09 Å². The molecule has 3 atom stereocenters. The quantitative estimate of drug-likeness (QED) is 0.145. The number of amides is 2. The smallest absolute Gasteiger partial charge is 0.407 e. The molecule has 5 rings (SSSR count). The van der Waals surface area contributed by atoms with E-state index in [0.717, 1.165) is 58.3 Å². The molecule has 45 heavy (non-hydrogen) atoms. The molecule has 1 saturated heterocycles. The molecule has 1 aliphatic heterocycles. The van der Waals surface area contributed by atoms with E-state index in [-0.39, 0.29) is 18.1 Å². The first-order chi connectivity index (χ1) is 22.0. The minimum atomic E-state index is -0.930. The van der Waals surface area contributed by atoms with E-state index in [4.69, 9.17) is 21.1 Å². The summed E-state index contributed by atoms with van der Waals surface area (Å²) in [6.07, 6.45) is 0.981. The van der Waals surface area contributed by atoms with E-state index in [0.29, 0.717) is 5.69 Å². The van der Waals surface area contributed by atoms with Gasteiger partial charge in [0.05, 0.1) is 19.3 Å². The standard InChI is InChI=1S/C36H38ClN3O4S/c1-43-36(42)40-34(33(26-11-4-2-5-12-26)27-13-6-3-7-14-27)35(41)39-32-15-9-8-10-25(32)16-19-29-22-38-23-30(44-29)24-45-31-20-17-28(37)18-21-31/h2-15,17-18,20-21,29-30,33-34,38H,16,19,22-24H2,1H3,(H,39,41)(H,40,42)/t29?,30-,34?/m0/s1. The number of morpholine rings is 1. The molecule has 1 aliphatic rings. The van der Waals surface area contributed by atoms with Crippen LogP contribution in [0.1, 0.15) is 29.0 Å². The number of aryl methyl sites for hydroxylation is 1. The molecule has 4 aromatic carbocycles. The average Bonchev–Trinajstić information content (AvgIpc) is 3.08. The van der Waals surface area contributed by atoms with Crippen molar-refractivity contribution in [3.63, 3.8) is 0 Å². The van der Waals surface area contributed by atoms with E-state index in [1.54, 1.807) is 11.8 Å². The van der Waals surface area contributed by atoms with Crippen molar-refractivity contribution in [2.45, 2.75) is 41.9 Å². The molecule has 1 fully saturated rings. The summed E-state index contributed by atoms with van der Waals surface area (Å²) in [6.45, 7) is 1.58. The van der Waals surface area contributed by atoms with Gasteiger partial charge in [0.25, 0.3) is 0 Å². The number of halogens is 1. The number of thioether (sulfide) groups is 1. The Morgan fingerprint density at radius 3 is 2.18 bits per heavy atom. The second kappa shape index (κ2) is 16.5. The van der Waals surface area contributed by atoms with Crippen molar-refractivity contribution in [2.75, 3.05) is 31.3 Å². The Morgan fingerprint density at radius 2 is 1.51 bits per heavy atom. The van der Waals surface area contributed by atoms with Crippen LogP contribution in [0.3, 0.4) is 0 Å². The van der Waals surface area contributed by atoms with E-state index < -0.39 is 18.1 Å². The molecule has 0 aromatic heterocycles. The monoisotopic (exact) mass is 643 g/mol. The van der Waals surface area contributed by atoms with E-state index in [9.17, 15) is 9.59 Å². The lowest BCUT2D eigenvalue weighted by molar-refractivity contribution is -0.118. The Balaban J connectivity index is 1.27. The average molecular weight is 644 g/mol. The Hall–Kier alpha value is -3.82. The van der Waals surface area contributed by atoms with Crippen molar-refractivity contribution < 1.29 is 19.1 Å². The second-order valence-corrected chi connectivity index (χ2v) is 12.4. The lowest BCUT2D eigenvalue weighted by Gasteiger charge is -2.31. The molecule has 0 spiro atoms. The molecule has 0 saturated carbocycles. The van der Waals surface area contributed by atoms with Crippen LogP contribution in [0.25, 0.3) is 0 Å². The van der Waals surface area contributed by atoms with E-state index in [1.165, 1.54) is 7.11 Å². The molecule has 2 amide bonds. The molecule has 1 heterocycles. The van der Waals surface area contributed by atoms with Crippen LogP contribution < -0.4 is 16.0 Å². The second-order valence-electron chi connectivity index (χ2n) is 10.9. The minimum absolute atomic E-state index is 0.0487. The highest BCUT2D eigenvalue weighted by Gasteiger charge is 2.33. The van der Waals surface area contributed by atoms with Gasteiger partial charge in [0.2, 0.25) is 5.91 Å². The first-order valence-electron chi connectivity index (χ1n) is 15.1. The van der Waals surface area contributed by atoms with Gasteiger partial charge in [-0.2, -0.15) is 0 Å². The molecule has 0 bridgehead atoms. The molecule has 0 radical (unpaired) electrons. The van der Waals surface area contributed by atoms with Crippen LogP contribution >= 0.6 is 23.4 Å². The number of anilines is 1. The SMILES string of the molecule is COC(=O)NC(C(=O)Nc1ccccc1CCC1CNC[C@@H](CSc2ccc(Cl)cc2)O1)C(c1ccccc1)c1ccccc1. The van der Waals surface area contributed by atoms with Crippen LogP contribution in [0.2, 0.25) is 5.02 Å². The fourth-order valence-corrected chi connectivity index (χ4v) is 6.56. The Kier molecular flexibility index (Phi) is 11.9. The van der Waals surface area contributed by atoms with Crippen molar-refractivity contribution in [3.8, 4) is 0 Å². The van der Waals surface area contributed by atoms with Crippen molar-refractivity contribution in [1.29, 1.82) is 0 Å². The molecular formula is C36H38ClN3O4S. The highest BCUT2D eigenvalue weighted by atomic mass is 35.5. The van der Waals surface area contributed by atoms with Crippen molar-refractivity contribution in [1.82, 2.24) is 10.6 Å². The number of alkyl carbamates (subject to hydrolysis) is 1. The number of nitrogens with one attached hydrogen (secondary N) is 3. The van der Waals surface area contributed by atoms with Gasteiger partial charge in [-0.25, -0.2) is 4.79 Å². The predicted molar refractivity (Wildman–Crippen MR) is 181 cm³/mol. The van der Waals surface area contributed by atoms with Crippen molar-refractivity contribution in [2.24, 2.45) is 0 Å². The topological polar surface area (TPSA) is 88.7 Å². The predicted octanol–water partition coefficient (Wildman–Crippen LogP) is 6.92. The Bertz CT molecular complexity index is 1490. The molecule has 7 nitrogen and oxygen atoms in total. The van der Waals surface area contributed by atoms with Gasteiger partial charge in [-0.1, -0.05) is 90.5 Å². The number of para-hydroxylation sites is 1. The van der Waals surface area contributed by atoms with E-state index >= 15 is 0 Å². The number of carbonyl (C=O) groups is 2. The summed E-state index contributed by atoms with van der Waals surface area (Å²) in [5.74, 6) is 0.0690.